The predicted octanol–water partition coefficient (Wildman–Crippen LogP) is 2.91. The van der Waals surface area contributed by atoms with Crippen LogP contribution in [0.25, 0.3) is 0 Å². The highest BCUT2D eigenvalue weighted by molar-refractivity contribution is 9.08. The number of halogens is 1. The maximum atomic E-state index is 12.9. The zero-order valence-corrected chi connectivity index (χ0v) is 14.3. The van der Waals surface area contributed by atoms with E-state index in [1.165, 1.54) is 0 Å². The summed E-state index contributed by atoms with van der Waals surface area (Å²) in [4.78, 5) is 0.387. The molecule has 2 unspecified atom stereocenters. The molecule has 116 valence electrons. The zero-order valence-electron chi connectivity index (χ0n) is 11.9. The fourth-order valence-electron chi connectivity index (χ4n) is 3.25. The molecule has 1 aromatic rings. The van der Waals surface area contributed by atoms with Gasteiger partial charge in [0.2, 0.25) is 10.0 Å². The van der Waals surface area contributed by atoms with Crippen molar-refractivity contribution in [2.45, 2.75) is 48.1 Å². The van der Waals surface area contributed by atoms with Gasteiger partial charge in [-0.2, -0.15) is 4.31 Å². The summed E-state index contributed by atoms with van der Waals surface area (Å²) >= 11 is 3.38. The lowest BCUT2D eigenvalue weighted by Crippen LogP contribution is -2.54. The molecule has 2 aliphatic rings. The molecule has 1 heterocycles. The van der Waals surface area contributed by atoms with Crippen LogP contribution >= 0.6 is 15.9 Å². The Morgan fingerprint density at radius 3 is 2.62 bits per heavy atom. The van der Waals surface area contributed by atoms with E-state index in [-0.39, 0.29) is 12.1 Å². The first-order valence-corrected chi connectivity index (χ1v) is 9.97. The van der Waals surface area contributed by atoms with Crippen LogP contribution in [0.3, 0.4) is 0 Å². The summed E-state index contributed by atoms with van der Waals surface area (Å²) in [6.45, 7) is 0.962. The number of hydrogen-bond donors (Lipinski definition) is 0. The minimum Gasteiger partial charge on any atom is -0.375 e. The van der Waals surface area contributed by atoms with E-state index in [9.17, 15) is 8.42 Å². The van der Waals surface area contributed by atoms with Gasteiger partial charge in [-0.05, 0) is 30.5 Å². The fraction of sp³-hybridized carbons (Fsp3) is 0.600. The van der Waals surface area contributed by atoms with E-state index in [2.05, 4.69) is 15.9 Å². The normalized spacial score (nSPS) is 27.3. The van der Waals surface area contributed by atoms with Gasteiger partial charge in [-0.15, -0.1) is 0 Å². The standard InChI is InChI=1S/C15H20BrNO3S/c16-11-12-5-7-13(8-6-12)21(18,19)17-9-10-20-15-4-2-1-3-14(15)17/h5-8,14-15H,1-4,9-11H2. The second kappa shape index (κ2) is 6.36. The number of morpholine rings is 1. The molecule has 6 heteroatoms. The van der Waals surface area contributed by atoms with E-state index < -0.39 is 10.0 Å². The average molecular weight is 374 g/mol. The van der Waals surface area contributed by atoms with Gasteiger partial charge in [-0.25, -0.2) is 8.42 Å². The quantitative estimate of drug-likeness (QED) is 0.765. The summed E-state index contributed by atoms with van der Waals surface area (Å²) in [5, 5.41) is 0.732. The number of fused-ring (bicyclic) bond motifs is 1. The lowest BCUT2D eigenvalue weighted by Gasteiger charge is -2.42. The number of sulfonamides is 1. The van der Waals surface area contributed by atoms with Crippen LogP contribution in [0.15, 0.2) is 29.2 Å². The van der Waals surface area contributed by atoms with Gasteiger partial charge in [0, 0.05) is 11.9 Å². The molecule has 3 rings (SSSR count). The Hall–Kier alpha value is -0.430. The van der Waals surface area contributed by atoms with Gasteiger partial charge in [-0.1, -0.05) is 40.9 Å². The highest BCUT2D eigenvalue weighted by Crippen LogP contribution is 2.32. The Kier molecular flexibility index (Phi) is 4.69. The molecule has 1 saturated heterocycles. The molecule has 1 aromatic carbocycles. The van der Waals surface area contributed by atoms with Crippen molar-refractivity contribution in [2.75, 3.05) is 13.2 Å². The van der Waals surface area contributed by atoms with E-state index in [1.54, 1.807) is 16.4 Å². The molecule has 0 N–H and O–H groups in total. The topological polar surface area (TPSA) is 46.6 Å². The van der Waals surface area contributed by atoms with Crippen LogP contribution in [0.1, 0.15) is 31.2 Å². The minimum absolute atomic E-state index is 0.00773. The highest BCUT2D eigenvalue weighted by atomic mass is 79.9. The summed E-state index contributed by atoms with van der Waals surface area (Å²) in [6, 6.07) is 7.15. The van der Waals surface area contributed by atoms with E-state index in [0.29, 0.717) is 18.0 Å². The lowest BCUT2D eigenvalue weighted by atomic mass is 9.91. The highest BCUT2D eigenvalue weighted by Gasteiger charge is 2.40. The molecule has 0 spiro atoms. The number of rotatable bonds is 3. The van der Waals surface area contributed by atoms with E-state index in [1.807, 2.05) is 12.1 Å². The molecule has 1 aliphatic carbocycles. The fourth-order valence-corrected chi connectivity index (χ4v) is 5.28. The first kappa shape index (κ1) is 15.5. The Bertz CT molecular complexity index is 585. The second-order valence-electron chi connectivity index (χ2n) is 5.65. The van der Waals surface area contributed by atoms with Crippen molar-refractivity contribution >= 4 is 26.0 Å². The maximum Gasteiger partial charge on any atom is 0.243 e. The van der Waals surface area contributed by atoms with Gasteiger partial charge in [0.25, 0.3) is 0 Å². The monoisotopic (exact) mass is 373 g/mol. The first-order chi connectivity index (χ1) is 10.1. The van der Waals surface area contributed by atoms with E-state index in [0.717, 1.165) is 36.6 Å². The molecule has 0 radical (unpaired) electrons. The zero-order chi connectivity index (χ0) is 14.9. The van der Waals surface area contributed by atoms with E-state index >= 15 is 0 Å². The summed E-state index contributed by atoms with van der Waals surface area (Å²) in [6.07, 6.45) is 4.17. The van der Waals surface area contributed by atoms with Gasteiger partial charge < -0.3 is 4.74 Å². The first-order valence-electron chi connectivity index (χ1n) is 7.41. The van der Waals surface area contributed by atoms with Crippen LogP contribution in [-0.2, 0) is 20.1 Å². The summed E-state index contributed by atoms with van der Waals surface area (Å²) in [7, 11) is -3.42. The number of alkyl halides is 1. The van der Waals surface area contributed by atoms with Crippen molar-refractivity contribution in [2.24, 2.45) is 0 Å². The summed E-state index contributed by atoms with van der Waals surface area (Å²) < 4.78 is 33.2. The van der Waals surface area contributed by atoms with Crippen molar-refractivity contribution in [1.29, 1.82) is 0 Å². The smallest absolute Gasteiger partial charge is 0.243 e. The summed E-state index contributed by atoms with van der Waals surface area (Å²) in [5.74, 6) is 0. The molecule has 1 aliphatic heterocycles. The molecule has 0 bridgehead atoms. The Labute approximate surface area is 134 Å². The number of benzene rings is 1. The Morgan fingerprint density at radius 2 is 1.90 bits per heavy atom. The number of ether oxygens (including phenoxy) is 1. The molecule has 1 saturated carbocycles. The molecule has 4 nitrogen and oxygen atoms in total. The Morgan fingerprint density at radius 1 is 1.19 bits per heavy atom. The SMILES string of the molecule is O=S(=O)(c1ccc(CBr)cc1)N1CCOC2CCCCC21. The molecule has 2 fully saturated rings. The summed E-state index contributed by atoms with van der Waals surface area (Å²) in [5.41, 5.74) is 1.08. The van der Waals surface area contributed by atoms with Crippen molar-refractivity contribution in [3.63, 3.8) is 0 Å². The van der Waals surface area contributed by atoms with Gasteiger partial charge >= 0.3 is 0 Å². The molecular weight excluding hydrogens is 354 g/mol. The second-order valence-corrected chi connectivity index (χ2v) is 8.11. The van der Waals surface area contributed by atoms with Gasteiger partial charge in [0.1, 0.15) is 0 Å². The van der Waals surface area contributed by atoms with Crippen LogP contribution in [0.5, 0.6) is 0 Å². The average Bonchev–Trinajstić information content (AvgIpc) is 2.54. The third kappa shape index (κ3) is 3.04. The van der Waals surface area contributed by atoms with Crippen LogP contribution in [-0.4, -0.2) is 38.0 Å². The minimum atomic E-state index is -3.42. The molecule has 0 aromatic heterocycles. The van der Waals surface area contributed by atoms with Gasteiger partial charge in [0.15, 0.2) is 0 Å². The van der Waals surface area contributed by atoms with E-state index in [4.69, 9.17) is 4.74 Å². The molecule has 0 amide bonds. The van der Waals surface area contributed by atoms with Crippen molar-refractivity contribution in [1.82, 2.24) is 4.31 Å². The number of hydrogen-bond acceptors (Lipinski definition) is 3. The van der Waals surface area contributed by atoms with Crippen molar-refractivity contribution in [3.8, 4) is 0 Å². The van der Waals surface area contributed by atoms with Crippen molar-refractivity contribution in [3.05, 3.63) is 29.8 Å². The molecule has 2 atom stereocenters. The lowest BCUT2D eigenvalue weighted by molar-refractivity contribution is -0.0586. The molecular formula is C15H20BrNO3S. The van der Waals surface area contributed by atoms with Crippen LogP contribution in [0.4, 0.5) is 0 Å². The Balaban J connectivity index is 1.88. The largest absolute Gasteiger partial charge is 0.375 e. The third-order valence-electron chi connectivity index (χ3n) is 4.37. The van der Waals surface area contributed by atoms with Crippen LogP contribution < -0.4 is 0 Å². The predicted molar refractivity (Wildman–Crippen MR) is 85.0 cm³/mol. The van der Waals surface area contributed by atoms with Crippen molar-refractivity contribution < 1.29 is 13.2 Å². The van der Waals surface area contributed by atoms with Gasteiger partial charge in [0.05, 0.1) is 23.6 Å². The molecule has 21 heavy (non-hydrogen) atoms. The number of nitrogens with zero attached hydrogens (tertiary/aromatic N) is 1. The maximum absolute atomic E-state index is 12.9. The van der Waals surface area contributed by atoms with Gasteiger partial charge in [-0.3, -0.25) is 0 Å². The van der Waals surface area contributed by atoms with Crippen LogP contribution in [0, 0.1) is 0 Å². The third-order valence-corrected chi connectivity index (χ3v) is 6.95. The van der Waals surface area contributed by atoms with Crippen LogP contribution in [0.2, 0.25) is 0 Å².